The average molecular weight is 345 g/mol. The third-order valence-corrected chi connectivity index (χ3v) is 4.09. The molecule has 0 atom stereocenters. The number of aromatic nitrogens is 2. The van der Waals surface area contributed by atoms with Gasteiger partial charge in [-0.3, -0.25) is 4.79 Å². The maximum absolute atomic E-state index is 12.4. The fourth-order valence-corrected chi connectivity index (χ4v) is 2.97. The zero-order valence-corrected chi connectivity index (χ0v) is 14.2. The highest BCUT2D eigenvalue weighted by Gasteiger charge is 2.14. The van der Waals surface area contributed by atoms with E-state index in [-0.39, 0.29) is 18.8 Å². The second-order valence-corrected chi connectivity index (χ2v) is 5.89. The van der Waals surface area contributed by atoms with Gasteiger partial charge in [0.2, 0.25) is 0 Å². The fraction of sp³-hybridized carbons (Fsp3) is 0.222. The number of aliphatic hydroxyl groups excluding tert-OH is 1. The van der Waals surface area contributed by atoms with Crippen molar-refractivity contribution in [1.29, 1.82) is 0 Å². The highest BCUT2D eigenvalue weighted by molar-refractivity contribution is 6.17. The van der Waals surface area contributed by atoms with Crippen LogP contribution < -0.4 is 10.3 Å². The second-order valence-electron chi connectivity index (χ2n) is 5.55. The van der Waals surface area contributed by atoms with E-state index in [1.807, 2.05) is 32.0 Å². The summed E-state index contributed by atoms with van der Waals surface area (Å²) in [6.45, 7) is 3.99. The molecule has 0 unspecified atom stereocenters. The Kier molecular flexibility index (Phi) is 4.55. The number of ether oxygens (including phenoxy) is 1. The molecule has 3 aromatic rings. The average Bonchev–Trinajstić information content (AvgIpc) is 2.57. The molecular weight excluding hydrogens is 328 g/mol. The minimum Gasteiger partial charge on any atom is -0.491 e. The van der Waals surface area contributed by atoms with Crippen LogP contribution >= 0.6 is 11.8 Å². The second kappa shape index (κ2) is 6.63. The SMILES string of the molecule is Cc1cc(-c2nc3ccccc3c(=O)n2Cl)cc(C)c1OCCO. The number of benzene rings is 2. The topological polar surface area (TPSA) is 64.4 Å². The molecule has 0 aliphatic heterocycles. The molecule has 0 amide bonds. The van der Waals surface area contributed by atoms with Crippen molar-refractivity contribution in [2.75, 3.05) is 13.2 Å². The molecule has 6 heteroatoms. The lowest BCUT2D eigenvalue weighted by Crippen LogP contribution is -2.16. The first kappa shape index (κ1) is 16.5. The Balaban J connectivity index is 2.18. The molecule has 0 saturated heterocycles. The van der Waals surface area contributed by atoms with Crippen molar-refractivity contribution in [2.24, 2.45) is 0 Å². The van der Waals surface area contributed by atoms with E-state index in [9.17, 15) is 4.79 Å². The van der Waals surface area contributed by atoms with Gasteiger partial charge in [0.1, 0.15) is 12.4 Å². The maximum atomic E-state index is 12.4. The van der Waals surface area contributed by atoms with E-state index in [2.05, 4.69) is 4.98 Å². The quantitative estimate of drug-likeness (QED) is 0.790. The minimum absolute atomic E-state index is 0.0475. The molecule has 1 N–H and O–H groups in total. The highest BCUT2D eigenvalue weighted by Crippen LogP contribution is 2.30. The van der Waals surface area contributed by atoms with Crippen molar-refractivity contribution in [3.8, 4) is 17.1 Å². The monoisotopic (exact) mass is 344 g/mol. The van der Waals surface area contributed by atoms with Crippen molar-refractivity contribution in [2.45, 2.75) is 13.8 Å². The van der Waals surface area contributed by atoms with Crippen molar-refractivity contribution in [3.05, 3.63) is 57.9 Å². The summed E-state index contributed by atoms with van der Waals surface area (Å²) in [6, 6.07) is 10.8. The molecule has 0 fully saturated rings. The van der Waals surface area contributed by atoms with Crippen LogP contribution in [0.4, 0.5) is 0 Å². The van der Waals surface area contributed by atoms with Crippen LogP contribution in [0.2, 0.25) is 0 Å². The molecule has 0 bridgehead atoms. The first-order valence-electron chi connectivity index (χ1n) is 7.56. The molecule has 2 aromatic carbocycles. The van der Waals surface area contributed by atoms with Crippen molar-refractivity contribution in [1.82, 2.24) is 9.07 Å². The molecule has 124 valence electrons. The third kappa shape index (κ3) is 2.88. The predicted octanol–water partition coefficient (Wildman–Crippen LogP) is 3.05. The summed E-state index contributed by atoms with van der Waals surface area (Å²) in [7, 11) is 0. The Morgan fingerprint density at radius 2 is 1.88 bits per heavy atom. The predicted molar refractivity (Wildman–Crippen MR) is 94.7 cm³/mol. The summed E-state index contributed by atoms with van der Waals surface area (Å²) in [5.41, 5.74) is 2.81. The van der Waals surface area contributed by atoms with E-state index in [0.717, 1.165) is 26.5 Å². The summed E-state index contributed by atoms with van der Waals surface area (Å²) < 4.78 is 6.61. The summed E-state index contributed by atoms with van der Waals surface area (Å²) in [5, 5.41) is 9.40. The van der Waals surface area contributed by atoms with E-state index in [1.54, 1.807) is 18.2 Å². The van der Waals surface area contributed by atoms with Crippen LogP contribution in [0, 0.1) is 13.8 Å². The van der Waals surface area contributed by atoms with Crippen LogP contribution in [0.15, 0.2) is 41.2 Å². The maximum Gasteiger partial charge on any atom is 0.276 e. The van der Waals surface area contributed by atoms with Crippen molar-refractivity contribution >= 4 is 22.7 Å². The third-order valence-electron chi connectivity index (χ3n) is 3.78. The van der Waals surface area contributed by atoms with Gasteiger partial charge in [-0.05, 0) is 49.2 Å². The number of halogens is 1. The van der Waals surface area contributed by atoms with Gasteiger partial charge in [0.05, 0.1) is 17.5 Å². The van der Waals surface area contributed by atoms with Crippen LogP contribution in [0.5, 0.6) is 5.75 Å². The Morgan fingerprint density at radius 1 is 1.21 bits per heavy atom. The number of rotatable bonds is 4. The first-order valence-corrected chi connectivity index (χ1v) is 7.90. The zero-order chi connectivity index (χ0) is 17.3. The lowest BCUT2D eigenvalue weighted by molar-refractivity contribution is 0.200. The van der Waals surface area contributed by atoms with Gasteiger partial charge in [0.15, 0.2) is 5.82 Å². The number of hydrogen-bond acceptors (Lipinski definition) is 4. The number of nitrogens with zero attached hydrogens (tertiary/aromatic N) is 2. The van der Waals surface area contributed by atoms with Gasteiger partial charge in [0, 0.05) is 17.3 Å². The van der Waals surface area contributed by atoms with Crippen molar-refractivity contribution < 1.29 is 9.84 Å². The molecule has 1 aromatic heterocycles. The Labute approximate surface area is 144 Å². The van der Waals surface area contributed by atoms with Gasteiger partial charge < -0.3 is 9.84 Å². The first-order chi connectivity index (χ1) is 11.5. The summed E-state index contributed by atoms with van der Waals surface area (Å²) >= 11 is 6.21. The van der Waals surface area contributed by atoms with Crippen LogP contribution in [-0.4, -0.2) is 27.4 Å². The molecular formula is C18H17ClN2O3. The lowest BCUT2D eigenvalue weighted by atomic mass is 10.0. The van der Waals surface area contributed by atoms with Gasteiger partial charge in [-0.15, -0.1) is 0 Å². The van der Waals surface area contributed by atoms with Gasteiger partial charge >= 0.3 is 0 Å². The normalized spacial score (nSPS) is 11.0. The number of aryl methyl sites for hydroxylation is 2. The molecule has 3 rings (SSSR count). The molecule has 0 spiro atoms. The van der Waals surface area contributed by atoms with Crippen LogP contribution in [-0.2, 0) is 0 Å². The summed E-state index contributed by atoms with van der Waals surface area (Å²) in [6.07, 6.45) is 0. The Hall–Kier alpha value is -2.37. The van der Waals surface area contributed by atoms with Crippen LogP contribution in [0.1, 0.15) is 11.1 Å². The van der Waals surface area contributed by atoms with E-state index in [4.69, 9.17) is 21.6 Å². The van der Waals surface area contributed by atoms with E-state index < -0.39 is 0 Å². The number of para-hydroxylation sites is 1. The van der Waals surface area contributed by atoms with Gasteiger partial charge in [0.25, 0.3) is 5.56 Å². The highest BCUT2D eigenvalue weighted by atomic mass is 35.5. The van der Waals surface area contributed by atoms with Gasteiger partial charge in [-0.2, -0.15) is 4.09 Å². The molecule has 0 radical (unpaired) electrons. The minimum atomic E-state index is -0.298. The smallest absolute Gasteiger partial charge is 0.276 e. The molecule has 0 saturated carbocycles. The zero-order valence-electron chi connectivity index (χ0n) is 13.4. The largest absolute Gasteiger partial charge is 0.491 e. The van der Waals surface area contributed by atoms with Gasteiger partial charge in [-0.1, -0.05) is 12.1 Å². The number of hydrogen-bond donors (Lipinski definition) is 1. The summed E-state index contributed by atoms with van der Waals surface area (Å²) in [4.78, 5) is 17.0. The molecule has 1 heterocycles. The molecule has 0 aliphatic carbocycles. The standard InChI is InChI=1S/C18H17ClN2O3/c1-11-9-13(10-12(2)16(11)24-8-7-22)17-20-15-6-4-3-5-14(15)18(23)21(17)19/h3-6,9-10,22H,7-8H2,1-2H3. The Bertz CT molecular complexity index is 943. The Morgan fingerprint density at radius 3 is 2.54 bits per heavy atom. The van der Waals surface area contributed by atoms with Gasteiger partial charge in [-0.25, -0.2) is 4.98 Å². The molecule has 24 heavy (non-hydrogen) atoms. The van der Waals surface area contributed by atoms with E-state index >= 15 is 0 Å². The number of aliphatic hydroxyl groups is 1. The molecule has 0 aliphatic rings. The van der Waals surface area contributed by atoms with E-state index in [0.29, 0.717) is 16.7 Å². The van der Waals surface area contributed by atoms with E-state index in [1.165, 1.54) is 0 Å². The van der Waals surface area contributed by atoms with Crippen molar-refractivity contribution in [3.63, 3.8) is 0 Å². The summed E-state index contributed by atoms with van der Waals surface area (Å²) in [5.74, 6) is 1.11. The molecule has 5 nitrogen and oxygen atoms in total. The number of fused-ring (bicyclic) bond motifs is 1. The van der Waals surface area contributed by atoms with Crippen LogP contribution in [0.25, 0.3) is 22.3 Å². The lowest BCUT2D eigenvalue weighted by Gasteiger charge is -2.14. The fourth-order valence-electron chi connectivity index (χ4n) is 2.74. The van der Waals surface area contributed by atoms with Crippen LogP contribution in [0.3, 0.4) is 0 Å².